The van der Waals surface area contributed by atoms with E-state index in [0.29, 0.717) is 33.4 Å². The van der Waals surface area contributed by atoms with Crippen LogP contribution in [-0.2, 0) is 11.2 Å². The van der Waals surface area contributed by atoms with Crippen molar-refractivity contribution in [2.75, 3.05) is 7.05 Å². The lowest BCUT2D eigenvalue weighted by molar-refractivity contribution is -0.116. The SMILES string of the molecule is CNC(=O)c1cc(-c2cc(CC(C)=O)ncc2C)oc1-c1ccccc1Cl. The van der Waals surface area contributed by atoms with Gasteiger partial charge in [0.1, 0.15) is 17.3 Å². The summed E-state index contributed by atoms with van der Waals surface area (Å²) in [7, 11) is 1.56. The third-order valence-electron chi connectivity index (χ3n) is 4.18. The number of amides is 1. The Bertz CT molecular complexity index is 1020. The Morgan fingerprint density at radius 1 is 1.19 bits per heavy atom. The summed E-state index contributed by atoms with van der Waals surface area (Å²) in [5, 5.41) is 3.12. The minimum atomic E-state index is -0.268. The van der Waals surface area contributed by atoms with E-state index in [2.05, 4.69) is 10.3 Å². The highest BCUT2D eigenvalue weighted by Gasteiger charge is 2.22. The molecule has 5 nitrogen and oxygen atoms in total. The third-order valence-corrected chi connectivity index (χ3v) is 4.51. The van der Waals surface area contributed by atoms with Gasteiger partial charge in [0, 0.05) is 36.5 Å². The largest absolute Gasteiger partial charge is 0.455 e. The van der Waals surface area contributed by atoms with Crippen molar-refractivity contribution in [3.63, 3.8) is 0 Å². The summed E-state index contributed by atoms with van der Waals surface area (Å²) in [5.41, 5.74) is 3.35. The molecule has 3 rings (SSSR count). The molecule has 6 heteroatoms. The highest BCUT2D eigenvalue weighted by atomic mass is 35.5. The first-order chi connectivity index (χ1) is 12.9. The Balaban J connectivity index is 2.17. The number of Topliss-reactive ketones (excluding diaryl/α,β-unsaturated/α-hetero) is 1. The van der Waals surface area contributed by atoms with Crippen molar-refractivity contribution < 1.29 is 14.0 Å². The van der Waals surface area contributed by atoms with E-state index in [4.69, 9.17) is 16.0 Å². The molecule has 0 unspecified atom stereocenters. The molecule has 2 aromatic heterocycles. The number of benzene rings is 1. The van der Waals surface area contributed by atoms with Crippen molar-refractivity contribution in [1.29, 1.82) is 0 Å². The highest BCUT2D eigenvalue weighted by molar-refractivity contribution is 6.33. The molecule has 1 amide bonds. The fraction of sp³-hybridized carbons (Fsp3) is 0.190. The zero-order chi connectivity index (χ0) is 19.6. The van der Waals surface area contributed by atoms with E-state index in [-0.39, 0.29) is 18.1 Å². The summed E-state index contributed by atoms with van der Waals surface area (Å²) in [4.78, 5) is 28.1. The van der Waals surface area contributed by atoms with Gasteiger partial charge >= 0.3 is 0 Å². The Hall–Kier alpha value is -2.92. The molecule has 0 aliphatic rings. The van der Waals surface area contributed by atoms with Gasteiger partial charge in [0.05, 0.1) is 10.6 Å². The topological polar surface area (TPSA) is 72.2 Å². The number of aryl methyl sites for hydroxylation is 1. The molecule has 0 radical (unpaired) electrons. The van der Waals surface area contributed by atoms with E-state index in [1.807, 2.05) is 25.1 Å². The lowest BCUT2D eigenvalue weighted by atomic mass is 10.0. The summed E-state index contributed by atoms with van der Waals surface area (Å²) < 4.78 is 6.07. The number of hydrogen-bond donors (Lipinski definition) is 1. The van der Waals surface area contributed by atoms with Crippen LogP contribution in [0.3, 0.4) is 0 Å². The van der Waals surface area contributed by atoms with Crippen LogP contribution >= 0.6 is 11.6 Å². The summed E-state index contributed by atoms with van der Waals surface area (Å²) in [5.74, 6) is 0.683. The molecule has 0 spiro atoms. The van der Waals surface area contributed by atoms with E-state index in [1.165, 1.54) is 6.92 Å². The molecule has 27 heavy (non-hydrogen) atoms. The van der Waals surface area contributed by atoms with Gasteiger partial charge < -0.3 is 9.73 Å². The Kier molecular flexibility index (Phi) is 5.42. The number of rotatable bonds is 5. The smallest absolute Gasteiger partial charge is 0.254 e. The van der Waals surface area contributed by atoms with Gasteiger partial charge in [0.25, 0.3) is 5.91 Å². The number of ketones is 1. The zero-order valence-electron chi connectivity index (χ0n) is 15.3. The van der Waals surface area contributed by atoms with Crippen LogP contribution in [0.5, 0.6) is 0 Å². The summed E-state index contributed by atoms with van der Waals surface area (Å²) >= 11 is 6.31. The van der Waals surface area contributed by atoms with Crippen molar-refractivity contribution in [3.8, 4) is 22.6 Å². The van der Waals surface area contributed by atoms with Crippen molar-refractivity contribution in [1.82, 2.24) is 10.3 Å². The van der Waals surface area contributed by atoms with Crippen LogP contribution < -0.4 is 5.32 Å². The Labute approximate surface area is 162 Å². The van der Waals surface area contributed by atoms with Gasteiger partial charge in [-0.15, -0.1) is 0 Å². The number of hydrogen-bond acceptors (Lipinski definition) is 4. The molecule has 0 aliphatic heterocycles. The molecule has 0 saturated carbocycles. The maximum absolute atomic E-state index is 12.4. The van der Waals surface area contributed by atoms with Crippen molar-refractivity contribution >= 4 is 23.3 Å². The van der Waals surface area contributed by atoms with E-state index in [1.54, 1.807) is 31.4 Å². The molecule has 3 aromatic rings. The van der Waals surface area contributed by atoms with Crippen LogP contribution in [0, 0.1) is 6.92 Å². The average molecular weight is 383 g/mol. The normalized spacial score (nSPS) is 10.7. The van der Waals surface area contributed by atoms with Crippen LogP contribution in [0.2, 0.25) is 5.02 Å². The minimum absolute atomic E-state index is 0.0274. The fourth-order valence-electron chi connectivity index (χ4n) is 2.86. The number of carbonyl (C=O) groups is 2. The zero-order valence-corrected chi connectivity index (χ0v) is 16.1. The number of carbonyl (C=O) groups excluding carboxylic acids is 2. The lowest BCUT2D eigenvalue weighted by Gasteiger charge is -2.06. The number of furan rings is 1. The molecule has 1 aromatic carbocycles. The van der Waals surface area contributed by atoms with E-state index in [0.717, 1.165) is 11.1 Å². The van der Waals surface area contributed by atoms with Gasteiger partial charge in [-0.2, -0.15) is 0 Å². The molecule has 138 valence electrons. The third kappa shape index (κ3) is 3.93. The van der Waals surface area contributed by atoms with E-state index < -0.39 is 0 Å². The van der Waals surface area contributed by atoms with Crippen LogP contribution in [0.15, 0.2) is 47.0 Å². The van der Waals surface area contributed by atoms with Gasteiger partial charge in [-0.25, -0.2) is 0 Å². The van der Waals surface area contributed by atoms with Crippen molar-refractivity contribution in [2.24, 2.45) is 0 Å². The predicted octanol–water partition coefficient (Wildman–Crippen LogP) is 4.46. The number of halogens is 1. The molecule has 0 saturated heterocycles. The molecular formula is C21H19ClN2O3. The molecule has 0 aliphatic carbocycles. The number of pyridine rings is 1. The number of nitrogens with one attached hydrogen (secondary N) is 1. The quantitative estimate of drug-likeness (QED) is 0.707. The van der Waals surface area contributed by atoms with Crippen LogP contribution in [-0.4, -0.2) is 23.7 Å². The van der Waals surface area contributed by atoms with E-state index >= 15 is 0 Å². The Morgan fingerprint density at radius 2 is 1.93 bits per heavy atom. The highest BCUT2D eigenvalue weighted by Crippen LogP contribution is 2.37. The van der Waals surface area contributed by atoms with Crippen molar-refractivity contribution in [3.05, 3.63) is 64.4 Å². The molecular weight excluding hydrogens is 364 g/mol. The van der Waals surface area contributed by atoms with Gasteiger partial charge in [-0.1, -0.05) is 23.7 Å². The average Bonchev–Trinajstić information content (AvgIpc) is 3.07. The van der Waals surface area contributed by atoms with Crippen LogP contribution in [0.4, 0.5) is 0 Å². The van der Waals surface area contributed by atoms with Gasteiger partial charge in [-0.3, -0.25) is 14.6 Å². The van der Waals surface area contributed by atoms with E-state index in [9.17, 15) is 9.59 Å². The monoisotopic (exact) mass is 382 g/mol. The molecule has 2 heterocycles. The maximum atomic E-state index is 12.4. The number of nitrogens with zero attached hydrogens (tertiary/aromatic N) is 1. The summed E-state index contributed by atoms with van der Waals surface area (Å²) in [6.45, 7) is 3.42. The van der Waals surface area contributed by atoms with Gasteiger partial charge in [-0.05, 0) is 43.7 Å². The van der Waals surface area contributed by atoms with Crippen molar-refractivity contribution in [2.45, 2.75) is 20.3 Å². The van der Waals surface area contributed by atoms with Crippen LogP contribution in [0.1, 0.15) is 28.5 Å². The number of aromatic nitrogens is 1. The van der Waals surface area contributed by atoms with Gasteiger partial charge in [0.15, 0.2) is 0 Å². The maximum Gasteiger partial charge on any atom is 0.254 e. The molecule has 0 atom stereocenters. The molecule has 0 bridgehead atoms. The summed E-state index contributed by atoms with van der Waals surface area (Å²) in [6, 6.07) is 10.7. The first-order valence-electron chi connectivity index (χ1n) is 8.47. The first-order valence-corrected chi connectivity index (χ1v) is 8.84. The Morgan fingerprint density at radius 3 is 2.59 bits per heavy atom. The van der Waals surface area contributed by atoms with Crippen LogP contribution in [0.25, 0.3) is 22.6 Å². The first kappa shape index (κ1) is 18.9. The second-order valence-electron chi connectivity index (χ2n) is 6.28. The van der Waals surface area contributed by atoms with Gasteiger partial charge in [0.2, 0.25) is 0 Å². The summed E-state index contributed by atoms with van der Waals surface area (Å²) in [6.07, 6.45) is 1.94. The molecule has 1 N–H and O–H groups in total. The lowest BCUT2D eigenvalue weighted by Crippen LogP contribution is -2.17. The predicted molar refractivity (Wildman–Crippen MR) is 105 cm³/mol. The fourth-order valence-corrected chi connectivity index (χ4v) is 3.08. The standard InChI is InChI=1S/C21H19ClN2O3/c1-12-11-24-14(8-13(2)25)9-16(12)19-10-17(21(26)23-3)20(27-19)15-6-4-5-7-18(15)22/h4-7,9-11H,8H2,1-3H3,(H,23,26). The second-order valence-corrected chi connectivity index (χ2v) is 6.69. The second kappa shape index (κ2) is 7.76. The molecule has 0 fully saturated rings. The minimum Gasteiger partial charge on any atom is -0.455 e.